The van der Waals surface area contributed by atoms with Gasteiger partial charge in [0.15, 0.2) is 10.1 Å². The number of aromatic nitrogens is 2. The Labute approximate surface area is 180 Å². The molecule has 1 aliphatic rings. The number of hydrogen-bond acceptors (Lipinski definition) is 6. The average Bonchev–Trinajstić information content (AvgIpc) is 3.26. The van der Waals surface area contributed by atoms with E-state index in [4.69, 9.17) is 12.2 Å². The molecule has 0 unspecified atom stereocenters. The molecule has 0 saturated carbocycles. The number of amides is 2. The van der Waals surface area contributed by atoms with Crippen LogP contribution in [-0.2, 0) is 9.59 Å². The molecule has 4 rings (SSSR count). The molecule has 3 aromatic rings. The van der Waals surface area contributed by atoms with Crippen LogP contribution < -0.4 is 5.32 Å². The number of rotatable bonds is 5. The lowest BCUT2D eigenvalue weighted by atomic mass is 10.1. The monoisotopic (exact) mass is 440 g/mol. The molecule has 29 heavy (non-hydrogen) atoms. The maximum atomic E-state index is 12.9. The van der Waals surface area contributed by atoms with E-state index in [2.05, 4.69) is 16.9 Å². The van der Waals surface area contributed by atoms with Gasteiger partial charge < -0.3 is 0 Å². The summed E-state index contributed by atoms with van der Waals surface area (Å²) in [6.07, 6.45) is 5.02. The highest BCUT2D eigenvalue weighted by molar-refractivity contribution is 7.99. The van der Waals surface area contributed by atoms with Crippen LogP contribution in [0.3, 0.4) is 0 Å². The summed E-state index contributed by atoms with van der Waals surface area (Å²) in [6.45, 7) is 5.90. The summed E-state index contributed by atoms with van der Waals surface area (Å²) in [5.41, 5.74) is 1.86. The first-order valence-corrected chi connectivity index (χ1v) is 10.8. The molecule has 0 aliphatic carbocycles. The van der Waals surface area contributed by atoms with Gasteiger partial charge in [0.2, 0.25) is 0 Å². The standard InChI is InChI=1S/C20H16N4O2S3/c1-3-8-24-18(26)14(16(25)21-19(24)27)11-15-17(22-20-23(15)9-10-28-20)29-13-6-4-12(2)5-7-13/h3-7,9-11H,1,8H2,2H3,(H,21,25,27)/b14-11+. The van der Waals surface area contributed by atoms with E-state index in [1.807, 2.05) is 47.2 Å². The Bertz CT molecular complexity index is 1170. The van der Waals surface area contributed by atoms with Crippen molar-refractivity contribution in [3.63, 3.8) is 0 Å². The second kappa shape index (κ2) is 7.94. The molecule has 2 amide bonds. The highest BCUT2D eigenvalue weighted by Crippen LogP contribution is 2.33. The zero-order valence-electron chi connectivity index (χ0n) is 15.4. The lowest BCUT2D eigenvalue weighted by Crippen LogP contribution is -2.53. The van der Waals surface area contributed by atoms with E-state index in [0.717, 1.165) is 14.9 Å². The third-order valence-electron chi connectivity index (χ3n) is 4.28. The van der Waals surface area contributed by atoms with Gasteiger partial charge in [0, 0.05) is 23.0 Å². The minimum absolute atomic E-state index is 0.0132. The highest BCUT2D eigenvalue weighted by Gasteiger charge is 2.33. The maximum absolute atomic E-state index is 12.9. The van der Waals surface area contributed by atoms with Crippen molar-refractivity contribution in [3.05, 3.63) is 65.3 Å². The van der Waals surface area contributed by atoms with Crippen LogP contribution in [0.1, 0.15) is 11.3 Å². The Morgan fingerprint density at radius 2 is 2.07 bits per heavy atom. The van der Waals surface area contributed by atoms with Gasteiger partial charge in [0.1, 0.15) is 10.6 Å². The molecule has 6 nitrogen and oxygen atoms in total. The maximum Gasteiger partial charge on any atom is 0.266 e. The molecule has 0 radical (unpaired) electrons. The van der Waals surface area contributed by atoms with E-state index in [1.54, 1.807) is 12.2 Å². The zero-order chi connectivity index (χ0) is 20.5. The van der Waals surface area contributed by atoms with Crippen LogP contribution in [0.25, 0.3) is 11.0 Å². The Kier molecular flexibility index (Phi) is 5.35. The van der Waals surface area contributed by atoms with Crippen molar-refractivity contribution in [2.24, 2.45) is 0 Å². The van der Waals surface area contributed by atoms with Crippen molar-refractivity contribution < 1.29 is 9.59 Å². The smallest absolute Gasteiger partial charge is 0.266 e. The summed E-state index contributed by atoms with van der Waals surface area (Å²) in [4.78, 5) is 33.2. The number of imidazole rings is 1. The molecule has 3 heterocycles. The van der Waals surface area contributed by atoms with Crippen LogP contribution in [0.2, 0.25) is 0 Å². The summed E-state index contributed by atoms with van der Waals surface area (Å²) < 4.78 is 1.87. The first-order valence-electron chi connectivity index (χ1n) is 8.68. The molecule has 0 spiro atoms. The summed E-state index contributed by atoms with van der Waals surface area (Å²) in [7, 11) is 0. The molecule has 1 N–H and O–H groups in total. The fraction of sp³-hybridized carbons (Fsp3) is 0.100. The molecule has 1 aromatic carbocycles. The number of aryl methyl sites for hydroxylation is 1. The first kappa shape index (κ1) is 19.6. The van der Waals surface area contributed by atoms with E-state index >= 15 is 0 Å². The predicted molar refractivity (Wildman–Crippen MR) is 119 cm³/mol. The van der Waals surface area contributed by atoms with E-state index in [-0.39, 0.29) is 17.2 Å². The molecular weight excluding hydrogens is 424 g/mol. The highest BCUT2D eigenvalue weighted by atomic mass is 32.2. The molecule has 0 bridgehead atoms. The lowest BCUT2D eigenvalue weighted by Gasteiger charge is -2.27. The minimum Gasteiger partial charge on any atom is -0.298 e. The predicted octanol–water partition coefficient (Wildman–Crippen LogP) is 3.67. The number of carbonyl (C=O) groups is 2. The van der Waals surface area contributed by atoms with Crippen molar-refractivity contribution in [1.82, 2.24) is 19.6 Å². The molecule has 1 aliphatic heterocycles. The molecule has 1 fully saturated rings. The number of nitrogens with one attached hydrogen (secondary N) is 1. The minimum atomic E-state index is -0.517. The Morgan fingerprint density at radius 3 is 2.79 bits per heavy atom. The van der Waals surface area contributed by atoms with Crippen LogP contribution in [0, 0.1) is 6.92 Å². The van der Waals surface area contributed by atoms with Crippen LogP contribution in [0.15, 0.2) is 64.0 Å². The van der Waals surface area contributed by atoms with Crippen LogP contribution in [-0.4, -0.2) is 37.8 Å². The second-order valence-corrected chi connectivity index (χ2v) is 8.62. The summed E-state index contributed by atoms with van der Waals surface area (Å²) >= 11 is 8.09. The van der Waals surface area contributed by atoms with Gasteiger partial charge in [-0.05, 0) is 37.4 Å². The van der Waals surface area contributed by atoms with E-state index in [0.29, 0.717) is 5.69 Å². The van der Waals surface area contributed by atoms with Crippen molar-refractivity contribution in [3.8, 4) is 0 Å². The van der Waals surface area contributed by atoms with Crippen LogP contribution in [0.5, 0.6) is 0 Å². The molecule has 0 atom stereocenters. The largest absolute Gasteiger partial charge is 0.298 e. The van der Waals surface area contributed by atoms with E-state index in [9.17, 15) is 9.59 Å². The Morgan fingerprint density at radius 1 is 1.31 bits per heavy atom. The normalized spacial score (nSPS) is 16.0. The van der Waals surface area contributed by atoms with Crippen LogP contribution in [0.4, 0.5) is 0 Å². The SMILES string of the molecule is C=CCN1C(=O)/C(=C/c2c(Sc3ccc(C)cc3)nc3sccn23)C(=O)NC1=S. The second-order valence-electron chi connectivity index (χ2n) is 6.29. The molecule has 2 aromatic heterocycles. The fourth-order valence-electron chi connectivity index (χ4n) is 2.83. The van der Waals surface area contributed by atoms with Gasteiger partial charge in [-0.3, -0.25) is 24.2 Å². The van der Waals surface area contributed by atoms with Gasteiger partial charge in [-0.2, -0.15) is 0 Å². The molecule has 1 saturated heterocycles. The summed E-state index contributed by atoms with van der Waals surface area (Å²) in [5.74, 6) is -0.966. The molecular formula is C20H16N4O2S3. The fourth-order valence-corrected chi connectivity index (χ4v) is 4.75. The van der Waals surface area contributed by atoms with Crippen molar-refractivity contribution >= 4 is 63.3 Å². The van der Waals surface area contributed by atoms with E-state index in [1.165, 1.54) is 33.6 Å². The zero-order valence-corrected chi connectivity index (χ0v) is 17.9. The topological polar surface area (TPSA) is 66.7 Å². The van der Waals surface area contributed by atoms with Gasteiger partial charge in [0.05, 0.1) is 5.69 Å². The Balaban J connectivity index is 1.78. The Hall–Kier alpha value is -2.75. The number of hydrogen-bond donors (Lipinski definition) is 1. The number of thiazole rings is 1. The first-order chi connectivity index (χ1) is 14.0. The van der Waals surface area contributed by atoms with Gasteiger partial charge in [-0.25, -0.2) is 4.98 Å². The van der Waals surface area contributed by atoms with Gasteiger partial charge in [-0.1, -0.05) is 35.5 Å². The summed E-state index contributed by atoms with van der Waals surface area (Å²) in [5, 5.41) is 5.28. The van der Waals surface area contributed by atoms with Gasteiger partial charge in [0.25, 0.3) is 11.8 Å². The van der Waals surface area contributed by atoms with Crippen LogP contribution >= 0.6 is 35.3 Å². The van der Waals surface area contributed by atoms with Crippen molar-refractivity contribution in [2.75, 3.05) is 6.54 Å². The van der Waals surface area contributed by atoms with Crippen molar-refractivity contribution in [1.29, 1.82) is 0 Å². The van der Waals surface area contributed by atoms with Crippen molar-refractivity contribution in [2.45, 2.75) is 16.8 Å². The molecule has 146 valence electrons. The third kappa shape index (κ3) is 3.76. The average molecular weight is 441 g/mol. The number of carbonyl (C=O) groups excluding carboxylic acids is 2. The van der Waals surface area contributed by atoms with Gasteiger partial charge in [-0.15, -0.1) is 17.9 Å². The lowest BCUT2D eigenvalue weighted by molar-refractivity contribution is -0.128. The van der Waals surface area contributed by atoms with Gasteiger partial charge >= 0.3 is 0 Å². The number of thiocarbonyl (C=S) groups is 1. The third-order valence-corrected chi connectivity index (χ3v) is 6.36. The summed E-state index contributed by atoms with van der Waals surface area (Å²) in [6, 6.07) is 8.11. The number of fused-ring (bicyclic) bond motifs is 1. The quantitative estimate of drug-likeness (QED) is 0.284. The number of nitrogens with zero attached hydrogens (tertiary/aromatic N) is 3. The number of benzene rings is 1. The molecule has 9 heteroatoms. The van der Waals surface area contributed by atoms with E-state index < -0.39 is 11.8 Å².